The van der Waals surface area contributed by atoms with Crippen molar-refractivity contribution in [3.8, 4) is 22.6 Å². The SMILES string of the molecule is COc1ccc(-c2cn(C)c3cc(OC)cc(NCc4ccccc4)c3c2=O)cc1. The molecule has 0 amide bonds. The van der Waals surface area contributed by atoms with Gasteiger partial charge in [-0.1, -0.05) is 42.5 Å². The van der Waals surface area contributed by atoms with Gasteiger partial charge < -0.3 is 19.4 Å². The molecule has 0 bridgehead atoms. The highest BCUT2D eigenvalue weighted by molar-refractivity contribution is 5.95. The molecule has 5 nitrogen and oxygen atoms in total. The molecule has 1 N–H and O–H groups in total. The van der Waals surface area contributed by atoms with Crippen molar-refractivity contribution in [1.82, 2.24) is 4.57 Å². The molecule has 0 saturated carbocycles. The Morgan fingerprint density at radius 1 is 0.900 bits per heavy atom. The van der Waals surface area contributed by atoms with Crippen molar-refractivity contribution < 1.29 is 9.47 Å². The van der Waals surface area contributed by atoms with Crippen LogP contribution in [0.25, 0.3) is 22.0 Å². The van der Waals surface area contributed by atoms with E-state index in [9.17, 15) is 4.79 Å². The molecule has 0 aliphatic carbocycles. The summed E-state index contributed by atoms with van der Waals surface area (Å²) in [6.45, 7) is 0.610. The summed E-state index contributed by atoms with van der Waals surface area (Å²) in [6, 6.07) is 21.4. The summed E-state index contributed by atoms with van der Waals surface area (Å²) in [4.78, 5) is 13.5. The normalized spacial score (nSPS) is 10.8. The first-order valence-corrected chi connectivity index (χ1v) is 9.74. The molecule has 0 spiro atoms. The van der Waals surface area contributed by atoms with E-state index in [0.29, 0.717) is 23.2 Å². The Bertz CT molecular complexity index is 1230. The van der Waals surface area contributed by atoms with Gasteiger partial charge in [-0.2, -0.15) is 0 Å². The van der Waals surface area contributed by atoms with Crippen LogP contribution in [0.15, 0.2) is 77.7 Å². The number of nitrogens with one attached hydrogen (secondary N) is 1. The van der Waals surface area contributed by atoms with Crippen LogP contribution >= 0.6 is 0 Å². The van der Waals surface area contributed by atoms with Crippen molar-refractivity contribution in [3.05, 3.63) is 88.7 Å². The minimum atomic E-state index is -0.0218. The van der Waals surface area contributed by atoms with Gasteiger partial charge in [-0.15, -0.1) is 0 Å². The molecule has 4 aromatic rings. The number of methoxy groups -OCH3 is 2. The Morgan fingerprint density at radius 2 is 1.60 bits per heavy atom. The van der Waals surface area contributed by atoms with E-state index < -0.39 is 0 Å². The van der Waals surface area contributed by atoms with Gasteiger partial charge in [-0.3, -0.25) is 4.79 Å². The fourth-order valence-electron chi connectivity index (χ4n) is 3.60. The van der Waals surface area contributed by atoms with Crippen LogP contribution in [0.2, 0.25) is 0 Å². The molecule has 0 saturated heterocycles. The standard InChI is InChI=1S/C25H24N2O3/c1-27-16-21(18-9-11-19(29-2)12-10-18)25(28)24-22(13-20(30-3)14-23(24)27)26-15-17-7-5-4-6-8-17/h4-14,16,26H,15H2,1-3H3. The third-order valence-corrected chi connectivity index (χ3v) is 5.23. The maximum absolute atomic E-state index is 13.5. The van der Waals surface area contributed by atoms with Crippen molar-refractivity contribution in [2.45, 2.75) is 6.54 Å². The number of nitrogens with zero attached hydrogens (tertiary/aromatic N) is 1. The molecule has 5 heteroatoms. The molecule has 3 aromatic carbocycles. The van der Waals surface area contributed by atoms with E-state index in [1.165, 1.54) is 0 Å². The van der Waals surface area contributed by atoms with Gasteiger partial charge in [-0.05, 0) is 23.3 Å². The van der Waals surface area contributed by atoms with E-state index in [1.807, 2.05) is 72.4 Å². The summed E-state index contributed by atoms with van der Waals surface area (Å²) in [7, 11) is 5.20. The van der Waals surface area contributed by atoms with Gasteiger partial charge in [0.25, 0.3) is 0 Å². The molecule has 152 valence electrons. The Balaban J connectivity index is 1.86. The third kappa shape index (κ3) is 3.74. The quantitative estimate of drug-likeness (QED) is 0.503. The first-order valence-electron chi connectivity index (χ1n) is 9.74. The van der Waals surface area contributed by atoms with Crippen LogP contribution in [0.3, 0.4) is 0 Å². The summed E-state index contributed by atoms with van der Waals surface area (Å²) in [5, 5.41) is 4.07. The number of benzene rings is 3. The summed E-state index contributed by atoms with van der Waals surface area (Å²) < 4.78 is 12.7. The number of hydrogen-bond acceptors (Lipinski definition) is 4. The number of aromatic nitrogens is 1. The summed E-state index contributed by atoms with van der Waals surface area (Å²) in [6.07, 6.45) is 1.87. The number of ether oxygens (including phenoxy) is 2. The van der Waals surface area contributed by atoms with Crippen molar-refractivity contribution >= 4 is 16.6 Å². The van der Waals surface area contributed by atoms with E-state index in [-0.39, 0.29) is 5.43 Å². The average Bonchev–Trinajstić information content (AvgIpc) is 2.80. The molecular formula is C25H24N2O3. The first kappa shape index (κ1) is 19.6. The molecule has 0 atom stereocenters. The lowest BCUT2D eigenvalue weighted by Crippen LogP contribution is -2.13. The summed E-state index contributed by atoms with van der Waals surface area (Å²) >= 11 is 0. The Hall–Kier alpha value is -3.73. The van der Waals surface area contributed by atoms with Gasteiger partial charge >= 0.3 is 0 Å². The second-order valence-electron chi connectivity index (χ2n) is 7.12. The van der Waals surface area contributed by atoms with E-state index in [4.69, 9.17) is 9.47 Å². The van der Waals surface area contributed by atoms with Crippen LogP contribution in [-0.4, -0.2) is 18.8 Å². The predicted molar refractivity (Wildman–Crippen MR) is 121 cm³/mol. The molecular weight excluding hydrogens is 376 g/mol. The topological polar surface area (TPSA) is 52.5 Å². The van der Waals surface area contributed by atoms with Crippen molar-refractivity contribution in [1.29, 1.82) is 0 Å². The van der Waals surface area contributed by atoms with Crippen molar-refractivity contribution in [2.75, 3.05) is 19.5 Å². The molecule has 0 aliphatic rings. The molecule has 1 heterocycles. The van der Waals surface area contributed by atoms with Gasteiger partial charge in [0.15, 0.2) is 5.43 Å². The zero-order valence-corrected chi connectivity index (χ0v) is 17.3. The number of pyridine rings is 1. The Morgan fingerprint density at radius 3 is 2.27 bits per heavy atom. The smallest absolute Gasteiger partial charge is 0.199 e. The molecule has 0 aliphatic heterocycles. The van der Waals surface area contributed by atoms with Crippen molar-refractivity contribution in [2.24, 2.45) is 7.05 Å². The first-order chi connectivity index (χ1) is 14.6. The Kier molecular flexibility index (Phi) is 5.44. The van der Waals surface area contributed by atoms with Crippen LogP contribution in [0.5, 0.6) is 11.5 Å². The number of aryl methyl sites for hydroxylation is 1. The number of fused-ring (bicyclic) bond motifs is 1. The van der Waals surface area contributed by atoms with Gasteiger partial charge in [0.2, 0.25) is 0 Å². The highest BCUT2D eigenvalue weighted by Gasteiger charge is 2.15. The van der Waals surface area contributed by atoms with E-state index in [1.54, 1.807) is 14.2 Å². The lowest BCUT2D eigenvalue weighted by Gasteiger charge is -2.16. The maximum Gasteiger partial charge on any atom is 0.199 e. The van der Waals surface area contributed by atoms with E-state index >= 15 is 0 Å². The van der Waals surface area contributed by atoms with Crippen LogP contribution in [0.4, 0.5) is 5.69 Å². The number of rotatable bonds is 6. The molecule has 4 rings (SSSR count). The number of hydrogen-bond donors (Lipinski definition) is 1. The van der Waals surface area contributed by atoms with Crippen LogP contribution in [0.1, 0.15) is 5.56 Å². The van der Waals surface area contributed by atoms with Crippen LogP contribution in [-0.2, 0) is 13.6 Å². The zero-order valence-electron chi connectivity index (χ0n) is 17.3. The van der Waals surface area contributed by atoms with Gasteiger partial charge in [0.05, 0.1) is 30.8 Å². The lowest BCUT2D eigenvalue weighted by molar-refractivity contribution is 0.415. The van der Waals surface area contributed by atoms with E-state index in [2.05, 4.69) is 17.4 Å². The second-order valence-corrected chi connectivity index (χ2v) is 7.12. The molecule has 30 heavy (non-hydrogen) atoms. The van der Waals surface area contributed by atoms with Gasteiger partial charge in [0, 0.05) is 37.5 Å². The molecule has 0 radical (unpaired) electrons. The largest absolute Gasteiger partial charge is 0.497 e. The zero-order chi connectivity index (χ0) is 21.1. The second kappa shape index (κ2) is 8.33. The molecule has 0 fully saturated rings. The minimum Gasteiger partial charge on any atom is -0.497 e. The predicted octanol–water partition coefficient (Wildman–Crippen LogP) is 4.83. The maximum atomic E-state index is 13.5. The highest BCUT2D eigenvalue weighted by Crippen LogP contribution is 2.30. The van der Waals surface area contributed by atoms with Gasteiger partial charge in [-0.25, -0.2) is 0 Å². The molecule has 1 aromatic heterocycles. The average molecular weight is 400 g/mol. The highest BCUT2D eigenvalue weighted by atomic mass is 16.5. The lowest BCUT2D eigenvalue weighted by atomic mass is 10.0. The van der Waals surface area contributed by atoms with Crippen molar-refractivity contribution in [3.63, 3.8) is 0 Å². The summed E-state index contributed by atoms with van der Waals surface area (Å²) in [5.41, 5.74) is 4.17. The van der Waals surface area contributed by atoms with Gasteiger partial charge in [0.1, 0.15) is 11.5 Å². The molecule has 0 unspecified atom stereocenters. The Labute approximate surface area is 175 Å². The fraction of sp³-hybridized carbons (Fsp3) is 0.160. The monoisotopic (exact) mass is 400 g/mol. The third-order valence-electron chi connectivity index (χ3n) is 5.23. The van der Waals surface area contributed by atoms with Crippen LogP contribution in [0, 0.1) is 0 Å². The minimum absolute atomic E-state index is 0.0218. The summed E-state index contributed by atoms with van der Waals surface area (Å²) in [5.74, 6) is 1.46. The number of anilines is 1. The van der Waals surface area contributed by atoms with Crippen LogP contribution < -0.4 is 20.2 Å². The van der Waals surface area contributed by atoms with E-state index in [0.717, 1.165) is 28.1 Å². The fourth-order valence-corrected chi connectivity index (χ4v) is 3.60.